The van der Waals surface area contributed by atoms with Crippen LogP contribution in [0.5, 0.6) is 11.5 Å². The maximum atomic E-state index is 12.7. The van der Waals surface area contributed by atoms with E-state index < -0.39 is 5.91 Å². The van der Waals surface area contributed by atoms with Crippen LogP contribution < -0.4 is 14.8 Å². The summed E-state index contributed by atoms with van der Waals surface area (Å²) in [4.78, 5) is 12.7. The van der Waals surface area contributed by atoms with Crippen LogP contribution in [0.3, 0.4) is 0 Å². The standard InChI is InChI=1S/C20H19ClN4O3/c1-3-27-19-9-13-8-12(2)28-18(13)10-15(19)22-20(26)16-11-25(24-23-16)17-7-5-4-6-14(17)21/h4-7,9-12H,3,8H2,1-2H3,(H,22,26). The van der Waals surface area contributed by atoms with Crippen LogP contribution in [-0.4, -0.2) is 33.6 Å². The highest BCUT2D eigenvalue weighted by Gasteiger charge is 2.23. The summed E-state index contributed by atoms with van der Waals surface area (Å²) < 4.78 is 13.0. The molecule has 0 radical (unpaired) electrons. The Morgan fingerprint density at radius 2 is 2.21 bits per heavy atom. The fourth-order valence-corrected chi connectivity index (χ4v) is 3.34. The number of carbonyl (C=O) groups excluding carboxylic acids is 1. The Balaban J connectivity index is 1.59. The summed E-state index contributed by atoms with van der Waals surface area (Å²) in [7, 11) is 0. The largest absolute Gasteiger partial charge is 0.492 e. The third-order valence-corrected chi connectivity index (χ3v) is 4.69. The first-order chi connectivity index (χ1) is 13.5. The van der Waals surface area contributed by atoms with Gasteiger partial charge in [-0.15, -0.1) is 5.10 Å². The van der Waals surface area contributed by atoms with Crippen molar-refractivity contribution in [1.82, 2.24) is 15.0 Å². The third-order valence-electron chi connectivity index (χ3n) is 4.37. The number of para-hydroxylation sites is 1. The van der Waals surface area contributed by atoms with Crippen LogP contribution in [0.15, 0.2) is 42.6 Å². The fraction of sp³-hybridized carbons (Fsp3) is 0.250. The minimum Gasteiger partial charge on any atom is -0.492 e. The molecule has 0 fully saturated rings. The van der Waals surface area contributed by atoms with Crippen molar-refractivity contribution in [3.8, 4) is 17.2 Å². The van der Waals surface area contributed by atoms with Crippen LogP contribution in [0.4, 0.5) is 5.69 Å². The smallest absolute Gasteiger partial charge is 0.277 e. The van der Waals surface area contributed by atoms with Crippen LogP contribution in [0, 0.1) is 0 Å². The molecule has 1 aromatic heterocycles. The van der Waals surface area contributed by atoms with Gasteiger partial charge >= 0.3 is 0 Å². The Morgan fingerprint density at radius 1 is 1.39 bits per heavy atom. The van der Waals surface area contributed by atoms with Gasteiger partial charge in [0.05, 0.1) is 29.2 Å². The number of nitrogens with one attached hydrogen (secondary N) is 1. The van der Waals surface area contributed by atoms with Crippen molar-refractivity contribution in [2.75, 3.05) is 11.9 Å². The number of benzene rings is 2. The zero-order chi connectivity index (χ0) is 19.7. The first kappa shape index (κ1) is 18.3. The first-order valence-corrected chi connectivity index (χ1v) is 9.38. The molecular formula is C20H19ClN4O3. The van der Waals surface area contributed by atoms with Crippen molar-refractivity contribution in [1.29, 1.82) is 0 Å². The number of rotatable bonds is 5. The zero-order valence-electron chi connectivity index (χ0n) is 15.5. The van der Waals surface area contributed by atoms with E-state index in [1.807, 2.05) is 32.0 Å². The molecule has 144 valence electrons. The molecule has 2 heterocycles. The van der Waals surface area contributed by atoms with E-state index in [9.17, 15) is 4.79 Å². The average molecular weight is 399 g/mol. The van der Waals surface area contributed by atoms with Crippen LogP contribution in [0.2, 0.25) is 5.02 Å². The fourth-order valence-electron chi connectivity index (χ4n) is 3.12. The molecule has 28 heavy (non-hydrogen) atoms. The molecule has 1 atom stereocenters. The number of halogens is 1. The van der Waals surface area contributed by atoms with Crippen LogP contribution in [0.25, 0.3) is 5.69 Å². The Labute approximate surface area is 167 Å². The van der Waals surface area contributed by atoms with Gasteiger partial charge in [-0.3, -0.25) is 4.79 Å². The van der Waals surface area contributed by atoms with Gasteiger partial charge in [-0.05, 0) is 32.0 Å². The van der Waals surface area contributed by atoms with Crippen molar-refractivity contribution in [2.24, 2.45) is 0 Å². The lowest BCUT2D eigenvalue weighted by Gasteiger charge is -2.13. The molecule has 8 heteroatoms. The number of fused-ring (bicyclic) bond motifs is 1. The Morgan fingerprint density at radius 3 is 3.00 bits per heavy atom. The summed E-state index contributed by atoms with van der Waals surface area (Å²) in [5.74, 6) is 0.960. The van der Waals surface area contributed by atoms with Gasteiger partial charge in [-0.1, -0.05) is 28.9 Å². The molecule has 1 amide bonds. The average Bonchev–Trinajstić information content (AvgIpc) is 3.28. The van der Waals surface area contributed by atoms with Crippen LogP contribution in [0.1, 0.15) is 29.9 Å². The summed E-state index contributed by atoms with van der Waals surface area (Å²) in [6, 6.07) is 10.9. The molecule has 7 nitrogen and oxygen atoms in total. The molecule has 0 saturated carbocycles. The lowest BCUT2D eigenvalue weighted by molar-refractivity contribution is 0.102. The molecule has 0 aliphatic carbocycles. The predicted octanol–water partition coefficient (Wildman–Crippen LogP) is 3.90. The van der Waals surface area contributed by atoms with E-state index in [4.69, 9.17) is 21.1 Å². The minimum absolute atomic E-state index is 0.103. The van der Waals surface area contributed by atoms with E-state index in [-0.39, 0.29) is 11.8 Å². The Hall–Kier alpha value is -3.06. The maximum absolute atomic E-state index is 12.7. The molecule has 4 rings (SSSR count). The zero-order valence-corrected chi connectivity index (χ0v) is 16.2. The second-order valence-electron chi connectivity index (χ2n) is 6.48. The van der Waals surface area contributed by atoms with E-state index >= 15 is 0 Å². The first-order valence-electron chi connectivity index (χ1n) is 9.00. The van der Waals surface area contributed by atoms with Gasteiger partial charge in [0, 0.05) is 18.1 Å². The predicted molar refractivity (Wildman–Crippen MR) is 106 cm³/mol. The molecule has 0 bridgehead atoms. The van der Waals surface area contributed by atoms with Crippen molar-refractivity contribution in [3.63, 3.8) is 0 Å². The lowest BCUT2D eigenvalue weighted by Crippen LogP contribution is -2.13. The molecule has 0 spiro atoms. The highest BCUT2D eigenvalue weighted by molar-refractivity contribution is 6.32. The second-order valence-corrected chi connectivity index (χ2v) is 6.88. The number of nitrogens with zero attached hydrogens (tertiary/aromatic N) is 3. The Kier molecular flexibility index (Phi) is 4.92. The summed E-state index contributed by atoms with van der Waals surface area (Å²) >= 11 is 6.18. The highest BCUT2D eigenvalue weighted by atomic mass is 35.5. The monoisotopic (exact) mass is 398 g/mol. The van der Waals surface area contributed by atoms with E-state index in [2.05, 4.69) is 15.6 Å². The number of hydrogen-bond acceptors (Lipinski definition) is 5. The Bertz CT molecular complexity index is 1030. The van der Waals surface area contributed by atoms with Gasteiger partial charge in [-0.25, -0.2) is 4.68 Å². The van der Waals surface area contributed by atoms with E-state index in [1.54, 1.807) is 18.2 Å². The lowest BCUT2D eigenvalue weighted by atomic mass is 10.1. The van der Waals surface area contributed by atoms with Crippen molar-refractivity contribution in [3.05, 3.63) is 58.9 Å². The molecule has 3 aromatic rings. The molecular weight excluding hydrogens is 380 g/mol. The summed E-state index contributed by atoms with van der Waals surface area (Å²) in [6.45, 7) is 4.39. The van der Waals surface area contributed by atoms with Gasteiger partial charge in [0.15, 0.2) is 5.69 Å². The summed E-state index contributed by atoms with van der Waals surface area (Å²) in [5, 5.41) is 11.3. The third kappa shape index (κ3) is 3.53. The van der Waals surface area contributed by atoms with Crippen molar-refractivity contribution in [2.45, 2.75) is 26.4 Å². The van der Waals surface area contributed by atoms with Gasteiger partial charge < -0.3 is 14.8 Å². The van der Waals surface area contributed by atoms with Gasteiger partial charge in [0.2, 0.25) is 0 Å². The molecule has 1 aliphatic heterocycles. The number of hydrogen-bond donors (Lipinski definition) is 1. The summed E-state index contributed by atoms with van der Waals surface area (Å²) in [6.07, 6.45) is 2.45. The van der Waals surface area contributed by atoms with E-state index in [0.717, 1.165) is 17.7 Å². The number of anilines is 1. The van der Waals surface area contributed by atoms with E-state index in [1.165, 1.54) is 10.9 Å². The van der Waals surface area contributed by atoms with Gasteiger partial charge in [0.1, 0.15) is 17.6 Å². The van der Waals surface area contributed by atoms with Crippen molar-refractivity contribution >= 4 is 23.2 Å². The topological polar surface area (TPSA) is 78.3 Å². The minimum atomic E-state index is -0.398. The molecule has 1 N–H and O–H groups in total. The summed E-state index contributed by atoms with van der Waals surface area (Å²) in [5.41, 5.74) is 2.41. The van der Waals surface area contributed by atoms with Crippen LogP contribution >= 0.6 is 11.6 Å². The molecule has 1 aliphatic rings. The highest BCUT2D eigenvalue weighted by Crippen LogP contribution is 2.38. The number of amides is 1. The SMILES string of the molecule is CCOc1cc2c(cc1NC(=O)c1cn(-c3ccccc3Cl)nn1)OC(C)C2. The molecule has 2 aromatic carbocycles. The normalized spacial score (nSPS) is 15.0. The maximum Gasteiger partial charge on any atom is 0.277 e. The number of carbonyl (C=O) groups is 1. The number of ether oxygens (including phenoxy) is 2. The molecule has 1 unspecified atom stereocenters. The van der Waals surface area contributed by atoms with Gasteiger partial charge in [-0.2, -0.15) is 0 Å². The quantitative estimate of drug-likeness (QED) is 0.705. The number of aromatic nitrogens is 3. The second kappa shape index (κ2) is 7.52. The van der Waals surface area contributed by atoms with Crippen molar-refractivity contribution < 1.29 is 14.3 Å². The van der Waals surface area contributed by atoms with Gasteiger partial charge in [0.25, 0.3) is 5.91 Å². The van der Waals surface area contributed by atoms with E-state index in [0.29, 0.717) is 28.8 Å². The van der Waals surface area contributed by atoms with Crippen LogP contribution in [-0.2, 0) is 6.42 Å². The molecule has 0 saturated heterocycles.